The molecule has 0 aliphatic carbocycles. The van der Waals surface area contributed by atoms with E-state index in [1.165, 1.54) is 4.90 Å². The molecule has 2 atom stereocenters. The fourth-order valence-corrected chi connectivity index (χ4v) is 1.54. The summed E-state index contributed by atoms with van der Waals surface area (Å²) in [7, 11) is 1.71. The molecule has 0 bridgehead atoms. The second kappa shape index (κ2) is 6.57. The maximum atomic E-state index is 10.9. The number of nitrogens with one attached hydrogen (secondary N) is 1. The van der Waals surface area contributed by atoms with Gasteiger partial charge in [-0.05, 0) is 18.9 Å². The van der Waals surface area contributed by atoms with E-state index in [1.807, 2.05) is 0 Å². The number of nitrogens with zero attached hydrogens (tertiary/aromatic N) is 1. The normalized spacial score (nSPS) is 24.6. The lowest BCUT2D eigenvalue weighted by Crippen LogP contribution is -2.30. The summed E-state index contributed by atoms with van der Waals surface area (Å²) in [6, 6.07) is 0. The molecule has 1 rings (SSSR count). The van der Waals surface area contributed by atoms with Gasteiger partial charge < -0.3 is 15.2 Å². The molecule has 1 aliphatic rings. The average Bonchev–Trinajstić information content (AvgIpc) is 2.78. The molecule has 1 saturated heterocycles. The molecule has 1 amide bonds. The molecule has 0 radical (unpaired) electrons. The molecule has 1 aliphatic heterocycles. The summed E-state index contributed by atoms with van der Waals surface area (Å²) >= 11 is 4.92. The van der Waals surface area contributed by atoms with Crippen molar-refractivity contribution in [2.75, 3.05) is 13.7 Å². The maximum absolute atomic E-state index is 10.9. The number of likely N-dealkylation sites (N-methyl/N-ethyl adjacent to an activating group) is 1. The van der Waals surface area contributed by atoms with Crippen LogP contribution in [0.3, 0.4) is 0 Å². The number of carbonyl (C=O) groups excluding carboxylic acids is 1. The van der Waals surface area contributed by atoms with Gasteiger partial charge in [-0.3, -0.25) is 9.69 Å². The van der Waals surface area contributed by atoms with E-state index in [0.717, 1.165) is 12.8 Å². The summed E-state index contributed by atoms with van der Waals surface area (Å²) in [4.78, 5) is 12.8. The highest BCUT2D eigenvalue weighted by Crippen LogP contribution is 2.21. The van der Waals surface area contributed by atoms with Gasteiger partial charge in [-0.1, -0.05) is 12.2 Å². The zero-order valence-electron chi connectivity index (χ0n) is 9.13. The smallest absolute Gasteiger partial charge is 0.215 e. The van der Waals surface area contributed by atoms with Gasteiger partial charge in [-0.2, -0.15) is 0 Å². The van der Waals surface area contributed by atoms with E-state index < -0.39 is 0 Å². The van der Waals surface area contributed by atoms with Crippen LogP contribution in [0.15, 0.2) is 12.3 Å². The van der Waals surface area contributed by atoms with Crippen LogP contribution in [-0.2, 0) is 9.53 Å². The quantitative estimate of drug-likeness (QED) is 0.405. The van der Waals surface area contributed by atoms with Crippen LogP contribution in [0.5, 0.6) is 0 Å². The third-order valence-corrected chi connectivity index (χ3v) is 2.73. The lowest BCUT2D eigenvalue weighted by molar-refractivity contribution is -0.127. The molecule has 2 N–H and O–H groups in total. The van der Waals surface area contributed by atoms with Crippen LogP contribution in [0.1, 0.15) is 12.8 Å². The first-order valence-electron chi connectivity index (χ1n) is 5.10. The number of hydrogen-bond acceptors (Lipinski definition) is 4. The minimum Gasteiger partial charge on any atom is -0.394 e. The van der Waals surface area contributed by atoms with Crippen LogP contribution in [0.2, 0.25) is 0 Å². The molecule has 5 nitrogen and oxygen atoms in total. The van der Waals surface area contributed by atoms with Gasteiger partial charge in [0.25, 0.3) is 0 Å². The third kappa shape index (κ3) is 3.55. The Balaban J connectivity index is 2.52. The Labute approximate surface area is 100 Å². The molecule has 16 heavy (non-hydrogen) atoms. The number of amides is 1. The first kappa shape index (κ1) is 13.1. The molecule has 1 fully saturated rings. The predicted molar refractivity (Wildman–Crippen MR) is 63.7 cm³/mol. The minimum atomic E-state index is -0.300. The van der Waals surface area contributed by atoms with Gasteiger partial charge in [0.05, 0.1) is 17.7 Å². The number of rotatable bonds is 5. The number of ether oxygens (including phenoxy) is 1. The second-order valence-electron chi connectivity index (χ2n) is 3.46. The highest BCUT2D eigenvalue weighted by Gasteiger charge is 2.27. The van der Waals surface area contributed by atoms with E-state index in [2.05, 4.69) is 5.32 Å². The van der Waals surface area contributed by atoms with Gasteiger partial charge in [0, 0.05) is 13.2 Å². The van der Waals surface area contributed by atoms with Crippen molar-refractivity contribution in [1.82, 2.24) is 10.2 Å². The molecule has 0 aromatic rings. The van der Waals surface area contributed by atoms with Crippen molar-refractivity contribution in [3.8, 4) is 0 Å². The first-order chi connectivity index (χ1) is 7.71. The Morgan fingerprint density at radius 3 is 2.94 bits per heavy atom. The minimum absolute atomic E-state index is 0.0121. The third-order valence-electron chi connectivity index (χ3n) is 2.39. The van der Waals surface area contributed by atoms with Crippen LogP contribution in [0.4, 0.5) is 0 Å². The van der Waals surface area contributed by atoms with Crippen molar-refractivity contribution < 1.29 is 14.6 Å². The summed E-state index contributed by atoms with van der Waals surface area (Å²) < 4.78 is 5.46. The molecule has 6 heteroatoms. The zero-order valence-corrected chi connectivity index (χ0v) is 9.94. The largest absolute Gasteiger partial charge is 0.394 e. The Bertz CT molecular complexity index is 283. The average molecular weight is 244 g/mol. The highest BCUT2D eigenvalue weighted by atomic mass is 32.1. The van der Waals surface area contributed by atoms with Crippen molar-refractivity contribution in [2.24, 2.45) is 0 Å². The SMILES string of the molecule is CNC(=S)/C=C\N(C=O)C1CCC(CO)O1. The Hall–Kier alpha value is -0.980. The van der Waals surface area contributed by atoms with Crippen LogP contribution < -0.4 is 5.32 Å². The standard InChI is InChI=1S/C10H16N2O3S/c1-11-9(16)4-5-12(7-14)10-3-2-8(6-13)15-10/h4-5,7-8,10,13H,2-3,6H2,1H3,(H,11,16)/b5-4-. The zero-order chi connectivity index (χ0) is 12.0. The molecule has 0 aromatic heterocycles. The summed E-state index contributed by atoms with van der Waals surface area (Å²) in [6.07, 6.45) is 4.91. The maximum Gasteiger partial charge on any atom is 0.215 e. The van der Waals surface area contributed by atoms with Crippen molar-refractivity contribution in [3.63, 3.8) is 0 Å². The summed E-state index contributed by atoms with van der Waals surface area (Å²) in [5.41, 5.74) is 0. The van der Waals surface area contributed by atoms with E-state index >= 15 is 0 Å². The van der Waals surface area contributed by atoms with Crippen molar-refractivity contribution in [1.29, 1.82) is 0 Å². The van der Waals surface area contributed by atoms with Crippen LogP contribution in [0, 0.1) is 0 Å². The lowest BCUT2D eigenvalue weighted by atomic mass is 10.2. The van der Waals surface area contributed by atoms with Crippen LogP contribution in [-0.4, -0.2) is 47.4 Å². The second-order valence-corrected chi connectivity index (χ2v) is 3.90. The van der Waals surface area contributed by atoms with Crippen LogP contribution >= 0.6 is 12.2 Å². The number of aliphatic hydroxyl groups is 1. The Kier molecular flexibility index (Phi) is 5.37. The lowest BCUT2D eigenvalue weighted by Gasteiger charge is -2.20. The molecule has 0 aromatic carbocycles. The predicted octanol–water partition coefficient (Wildman–Crippen LogP) is 0.00270. The van der Waals surface area contributed by atoms with Crippen molar-refractivity contribution in [2.45, 2.75) is 25.2 Å². The Morgan fingerprint density at radius 2 is 2.44 bits per heavy atom. The van der Waals surface area contributed by atoms with Gasteiger partial charge in [0.1, 0.15) is 6.23 Å². The van der Waals surface area contributed by atoms with Gasteiger partial charge in [-0.15, -0.1) is 0 Å². The van der Waals surface area contributed by atoms with E-state index in [-0.39, 0.29) is 18.9 Å². The van der Waals surface area contributed by atoms with Gasteiger partial charge >= 0.3 is 0 Å². The highest BCUT2D eigenvalue weighted by molar-refractivity contribution is 7.80. The topological polar surface area (TPSA) is 61.8 Å². The van der Waals surface area contributed by atoms with E-state index in [1.54, 1.807) is 19.3 Å². The number of thiocarbonyl (C=S) groups is 1. The van der Waals surface area contributed by atoms with E-state index in [4.69, 9.17) is 22.1 Å². The van der Waals surface area contributed by atoms with E-state index in [0.29, 0.717) is 11.4 Å². The molecule has 2 unspecified atom stereocenters. The molecule has 0 spiro atoms. The van der Waals surface area contributed by atoms with E-state index in [9.17, 15) is 4.79 Å². The molecule has 0 saturated carbocycles. The molecule has 1 heterocycles. The fraction of sp³-hybridized carbons (Fsp3) is 0.600. The van der Waals surface area contributed by atoms with Crippen molar-refractivity contribution in [3.05, 3.63) is 12.3 Å². The Morgan fingerprint density at radius 1 is 1.69 bits per heavy atom. The van der Waals surface area contributed by atoms with Gasteiger partial charge in [0.2, 0.25) is 6.41 Å². The number of hydrogen-bond donors (Lipinski definition) is 2. The number of carbonyl (C=O) groups is 1. The molecular weight excluding hydrogens is 228 g/mol. The first-order valence-corrected chi connectivity index (χ1v) is 5.51. The van der Waals surface area contributed by atoms with Gasteiger partial charge in [-0.25, -0.2) is 0 Å². The molecular formula is C10H16N2O3S. The summed E-state index contributed by atoms with van der Waals surface area (Å²) in [5.74, 6) is 0. The monoisotopic (exact) mass is 244 g/mol. The number of aliphatic hydroxyl groups excluding tert-OH is 1. The van der Waals surface area contributed by atoms with Crippen molar-refractivity contribution >= 4 is 23.6 Å². The van der Waals surface area contributed by atoms with Gasteiger partial charge in [0.15, 0.2) is 0 Å². The molecule has 90 valence electrons. The van der Waals surface area contributed by atoms with Crippen LogP contribution in [0.25, 0.3) is 0 Å². The fourth-order valence-electron chi connectivity index (χ4n) is 1.48. The summed E-state index contributed by atoms with van der Waals surface area (Å²) in [5, 5.41) is 11.7. The summed E-state index contributed by atoms with van der Waals surface area (Å²) in [6.45, 7) is -0.0121.